The zero-order valence-electron chi connectivity index (χ0n) is 16.6. The molecule has 0 aliphatic carbocycles. The molecule has 0 saturated carbocycles. The average molecular weight is 444 g/mol. The molecule has 4 rings (SSSR count). The topological polar surface area (TPSA) is 72.4 Å². The maximum absolute atomic E-state index is 13.3. The van der Waals surface area contributed by atoms with Crippen LogP contribution in [0.25, 0.3) is 22.4 Å². The monoisotopic (exact) mass is 443 g/mol. The molecule has 2 heterocycles. The number of halogens is 2. The fourth-order valence-electron chi connectivity index (χ4n) is 3.24. The van der Waals surface area contributed by atoms with E-state index in [1.165, 1.54) is 0 Å². The summed E-state index contributed by atoms with van der Waals surface area (Å²) >= 11 is 12.4. The quantitative estimate of drug-likeness (QED) is 0.369. The first-order chi connectivity index (χ1) is 14.4. The maximum atomic E-state index is 13.3. The fraction of sp³-hybridized carbons (Fsp3) is 0.227. The molecule has 6 nitrogen and oxygen atoms in total. The number of benzene rings is 2. The Morgan fingerprint density at radius 3 is 2.47 bits per heavy atom. The number of rotatable bonds is 5. The van der Waals surface area contributed by atoms with E-state index in [1.54, 1.807) is 23.1 Å². The van der Waals surface area contributed by atoms with Crippen LogP contribution in [0.3, 0.4) is 0 Å². The number of amides is 1. The summed E-state index contributed by atoms with van der Waals surface area (Å²) in [5.74, 6) is 0.585. The zero-order valence-corrected chi connectivity index (χ0v) is 18.2. The van der Waals surface area contributed by atoms with E-state index in [0.29, 0.717) is 33.0 Å². The van der Waals surface area contributed by atoms with Crippen LogP contribution >= 0.6 is 23.2 Å². The minimum Gasteiger partial charge on any atom is -0.449 e. The molecule has 1 amide bonds. The van der Waals surface area contributed by atoms with E-state index in [1.807, 2.05) is 45.0 Å². The number of hydrogen-bond acceptors (Lipinski definition) is 5. The van der Waals surface area contributed by atoms with Crippen molar-refractivity contribution in [2.45, 2.75) is 33.4 Å². The summed E-state index contributed by atoms with van der Waals surface area (Å²) in [4.78, 5) is 14.9. The Bertz CT molecular complexity index is 1230. The van der Waals surface area contributed by atoms with Crippen LogP contribution in [0.5, 0.6) is 0 Å². The molecule has 0 aliphatic rings. The van der Waals surface area contributed by atoms with E-state index >= 15 is 0 Å². The number of fused-ring (bicyclic) bond motifs is 1. The van der Waals surface area contributed by atoms with Crippen LogP contribution in [-0.4, -0.2) is 27.0 Å². The molecule has 0 spiro atoms. The smallest absolute Gasteiger partial charge is 0.290 e. The Morgan fingerprint density at radius 2 is 1.77 bits per heavy atom. The number of nitrogens with zero attached hydrogens (tertiary/aromatic N) is 3. The summed E-state index contributed by atoms with van der Waals surface area (Å²) in [6.45, 7) is 5.80. The fourth-order valence-corrected chi connectivity index (χ4v) is 3.67. The molecule has 8 heteroatoms. The molecule has 0 radical (unpaired) electrons. The molecule has 4 aromatic rings. The van der Waals surface area contributed by atoms with Gasteiger partial charge >= 0.3 is 0 Å². The summed E-state index contributed by atoms with van der Waals surface area (Å²) in [6.07, 6.45) is 0. The number of para-hydroxylation sites is 1. The summed E-state index contributed by atoms with van der Waals surface area (Å²) in [5.41, 5.74) is 1.89. The van der Waals surface area contributed by atoms with Gasteiger partial charge in [0.15, 0.2) is 11.3 Å². The van der Waals surface area contributed by atoms with Gasteiger partial charge < -0.3 is 13.7 Å². The first-order valence-corrected chi connectivity index (χ1v) is 10.2. The van der Waals surface area contributed by atoms with Gasteiger partial charge in [-0.15, -0.1) is 10.2 Å². The van der Waals surface area contributed by atoms with Crippen molar-refractivity contribution < 1.29 is 13.6 Å². The van der Waals surface area contributed by atoms with Crippen LogP contribution < -0.4 is 0 Å². The van der Waals surface area contributed by atoms with Crippen molar-refractivity contribution in [1.82, 2.24) is 15.1 Å². The highest BCUT2D eigenvalue weighted by Gasteiger charge is 2.27. The van der Waals surface area contributed by atoms with Crippen molar-refractivity contribution in [3.63, 3.8) is 0 Å². The number of carbonyl (C=O) groups is 1. The number of aryl methyl sites for hydroxylation is 1. The third-order valence-electron chi connectivity index (χ3n) is 4.87. The third kappa shape index (κ3) is 3.68. The van der Waals surface area contributed by atoms with Crippen LogP contribution in [0.15, 0.2) is 51.3 Å². The minimum absolute atomic E-state index is 0.128. The molecule has 30 heavy (non-hydrogen) atoms. The van der Waals surface area contributed by atoms with Crippen LogP contribution in [0.1, 0.15) is 35.9 Å². The van der Waals surface area contributed by atoms with E-state index in [-0.39, 0.29) is 24.3 Å². The van der Waals surface area contributed by atoms with Gasteiger partial charge in [-0.2, -0.15) is 0 Å². The molecule has 0 aliphatic heterocycles. The van der Waals surface area contributed by atoms with Gasteiger partial charge in [0.1, 0.15) is 0 Å². The molecule has 2 aromatic carbocycles. The van der Waals surface area contributed by atoms with Crippen molar-refractivity contribution in [1.29, 1.82) is 0 Å². The lowest BCUT2D eigenvalue weighted by Crippen LogP contribution is -2.36. The van der Waals surface area contributed by atoms with Gasteiger partial charge in [-0.05, 0) is 39.0 Å². The van der Waals surface area contributed by atoms with Crippen molar-refractivity contribution >= 4 is 40.1 Å². The Morgan fingerprint density at radius 1 is 1.03 bits per heavy atom. The van der Waals surface area contributed by atoms with Gasteiger partial charge in [0.05, 0.1) is 22.2 Å². The second-order valence-electron chi connectivity index (χ2n) is 7.18. The van der Waals surface area contributed by atoms with Crippen LogP contribution in [0.4, 0.5) is 0 Å². The van der Waals surface area contributed by atoms with Crippen molar-refractivity contribution in [3.05, 3.63) is 69.7 Å². The van der Waals surface area contributed by atoms with Crippen LogP contribution in [-0.2, 0) is 6.54 Å². The van der Waals surface area contributed by atoms with E-state index in [2.05, 4.69) is 10.2 Å². The molecule has 0 unspecified atom stereocenters. The standard InChI is InChI=1S/C22H19Cl2N3O3/c1-12(2)27(11-18-25-26-21(29-18)15-7-4-5-9-16(15)23)22(28)19-13(3)14-8-6-10-17(24)20(14)30-19/h4-10,12H,11H2,1-3H3. The van der Waals surface area contributed by atoms with Crippen molar-refractivity contribution in [2.75, 3.05) is 0 Å². The van der Waals surface area contributed by atoms with E-state index in [9.17, 15) is 4.79 Å². The highest BCUT2D eigenvalue weighted by molar-refractivity contribution is 6.35. The van der Waals surface area contributed by atoms with Gasteiger partial charge in [0.2, 0.25) is 11.8 Å². The molecular formula is C22H19Cl2N3O3. The summed E-state index contributed by atoms with van der Waals surface area (Å²) < 4.78 is 11.6. The zero-order chi connectivity index (χ0) is 21.4. The summed E-state index contributed by atoms with van der Waals surface area (Å²) in [7, 11) is 0. The second kappa shape index (κ2) is 8.13. The molecule has 0 saturated heterocycles. The van der Waals surface area contributed by atoms with Crippen LogP contribution in [0.2, 0.25) is 10.0 Å². The third-order valence-corrected chi connectivity index (χ3v) is 5.50. The molecule has 0 bridgehead atoms. The number of carbonyl (C=O) groups excluding carboxylic acids is 1. The number of furan rings is 1. The van der Waals surface area contributed by atoms with Crippen molar-refractivity contribution in [3.8, 4) is 11.5 Å². The Balaban J connectivity index is 1.64. The van der Waals surface area contributed by atoms with Crippen LogP contribution in [0, 0.1) is 6.92 Å². The number of hydrogen-bond donors (Lipinski definition) is 0. The summed E-state index contributed by atoms with van der Waals surface area (Å²) in [5, 5.41) is 9.96. The van der Waals surface area contributed by atoms with E-state index in [0.717, 1.165) is 10.9 Å². The predicted molar refractivity (Wildman–Crippen MR) is 116 cm³/mol. The second-order valence-corrected chi connectivity index (χ2v) is 7.99. The Hall–Kier alpha value is -2.83. The largest absolute Gasteiger partial charge is 0.449 e. The first-order valence-electron chi connectivity index (χ1n) is 9.42. The highest BCUT2D eigenvalue weighted by Crippen LogP contribution is 2.32. The van der Waals surface area contributed by atoms with E-state index in [4.69, 9.17) is 32.0 Å². The number of aromatic nitrogens is 2. The Labute approximate surface area is 183 Å². The lowest BCUT2D eigenvalue weighted by atomic mass is 10.1. The van der Waals surface area contributed by atoms with Gasteiger partial charge in [-0.3, -0.25) is 4.79 Å². The SMILES string of the molecule is Cc1c(C(=O)N(Cc2nnc(-c3ccccc3Cl)o2)C(C)C)oc2c(Cl)cccc12. The molecule has 0 N–H and O–H groups in total. The molecule has 2 aromatic heterocycles. The average Bonchev–Trinajstić information content (AvgIpc) is 3.31. The van der Waals surface area contributed by atoms with Gasteiger partial charge in [0, 0.05) is 17.0 Å². The van der Waals surface area contributed by atoms with Gasteiger partial charge in [0.25, 0.3) is 5.91 Å². The van der Waals surface area contributed by atoms with Gasteiger partial charge in [-0.25, -0.2) is 0 Å². The normalized spacial score (nSPS) is 11.4. The molecule has 0 fully saturated rings. The molecular weight excluding hydrogens is 425 g/mol. The Kier molecular flexibility index (Phi) is 5.54. The highest BCUT2D eigenvalue weighted by atomic mass is 35.5. The first kappa shape index (κ1) is 20.4. The molecule has 154 valence electrons. The predicted octanol–water partition coefficient (Wildman–Crippen LogP) is 6.15. The summed E-state index contributed by atoms with van der Waals surface area (Å²) in [6, 6.07) is 12.5. The van der Waals surface area contributed by atoms with E-state index < -0.39 is 0 Å². The lowest BCUT2D eigenvalue weighted by molar-refractivity contribution is 0.0641. The van der Waals surface area contributed by atoms with Crippen molar-refractivity contribution in [2.24, 2.45) is 0 Å². The lowest BCUT2D eigenvalue weighted by Gasteiger charge is -2.24. The molecule has 0 atom stereocenters. The minimum atomic E-state index is -0.271. The van der Waals surface area contributed by atoms with Gasteiger partial charge in [-0.1, -0.05) is 47.5 Å². The maximum Gasteiger partial charge on any atom is 0.290 e.